The highest BCUT2D eigenvalue weighted by Gasteiger charge is 2.13. The lowest BCUT2D eigenvalue weighted by Crippen LogP contribution is -2.25. The molecule has 1 heterocycles. The Morgan fingerprint density at radius 3 is 2.76 bits per heavy atom. The molecule has 0 bridgehead atoms. The summed E-state index contributed by atoms with van der Waals surface area (Å²) in [5.41, 5.74) is 0.862. The second-order valence-electron chi connectivity index (χ2n) is 3.83. The van der Waals surface area contributed by atoms with Crippen molar-refractivity contribution in [2.75, 3.05) is 11.9 Å². The van der Waals surface area contributed by atoms with Crippen LogP contribution in [0, 0.1) is 6.92 Å². The maximum Gasteiger partial charge on any atom is 0.348 e. The molecule has 0 unspecified atom stereocenters. The predicted molar refractivity (Wildman–Crippen MR) is 64.1 cm³/mol. The molecule has 5 nitrogen and oxygen atoms in total. The van der Waals surface area contributed by atoms with Gasteiger partial charge in [-0.1, -0.05) is 12.1 Å². The Kier molecular flexibility index (Phi) is 2.67. The molecule has 0 spiro atoms. The van der Waals surface area contributed by atoms with Crippen molar-refractivity contribution in [3.8, 4) is 0 Å². The topological polar surface area (TPSA) is 63.4 Å². The fraction of sp³-hybridized carbons (Fsp3) is 0.250. The third kappa shape index (κ3) is 1.91. The van der Waals surface area contributed by atoms with Gasteiger partial charge in [0.05, 0.1) is 10.9 Å². The van der Waals surface area contributed by atoms with Crippen LogP contribution in [0.3, 0.4) is 0 Å². The SMILES string of the molecule is CC(=O)N(C)c1nc2cccc(C)c2c(=O)o1. The molecule has 0 saturated carbocycles. The van der Waals surface area contributed by atoms with Gasteiger partial charge in [-0.05, 0) is 18.6 Å². The van der Waals surface area contributed by atoms with Crippen molar-refractivity contribution >= 4 is 22.8 Å². The first-order chi connectivity index (χ1) is 8.00. The van der Waals surface area contributed by atoms with Crippen LogP contribution in [0.2, 0.25) is 0 Å². The maximum absolute atomic E-state index is 11.8. The Bertz CT molecular complexity index is 646. The quantitative estimate of drug-likeness (QED) is 0.747. The Morgan fingerprint density at radius 1 is 1.41 bits per heavy atom. The molecule has 0 aliphatic carbocycles. The predicted octanol–water partition coefficient (Wildman–Crippen LogP) is 1.48. The van der Waals surface area contributed by atoms with Gasteiger partial charge in [0.25, 0.3) is 0 Å². The lowest BCUT2D eigenvalue weighted by atomic mass is 10.1. The number of hydrogen-bond acceptors (Lipinski definition) is 4. The smallest absolute Gasteiger partial charge is 0.348 e. The zero-order valence-corrected chi connectivity index (χ0v) is 9.85. The Labute approximate surface area is 97.7 Å². The molecule has 2 rings (SSSR count). The molecule has 0 aliphatic heterocycles. The summed E-state index contributed by atoms with van der Waals surface area (Å²) in [5, 5.41) is 0.452. The highest BCUT2D eigenvalue weighted by Crippen LogP contribution is 2.16. The van der Waals surface area contributed by atoms with Gasteiger partial charge in [-0.3, -0.25) is 9.69 Å². The van der Waals surface area contributed by atoms with Gasteiger partial charge in [0.2, 0.25) is 5.91 Å². The molecule has 0 radical (unpaired) electrons. The molecule has 1 amide bonds. The van der Waals surface area contributed by atoms with Gasteiger partial charge in [-0.25, -0.2) is 4.79 Å². The Hall–Kier alpha value is -2.17. The molecular weight excluding hydrogens is 220 g/mol. The first kappa shape index (κ1) is 11.3. The molecule has 0 fully saturated rings. The van der Waals surface area contributed by atoms with Crippen LogP contribution in [0.4, 0.5) is 6.01 Å². The largest absolute Gasteiger partial charge is 0.388 e. The number of aryl methyl sites for hydroxylation is 1. The number of rotatable bonds is 1. The van der Waals surface area contributed by atoms with Gasteiger partial charge in [0.15, 0.2) is 0 Å². The number of nitrogens with zero attached hydrogens (tertiary/aromatic N) is 2. The van der Waals surface area contributed by atoms with Gasteiger partial charge in [0.1, 0.15) is 0 Å². The van der Waals surface area contributed by atoms with Crippen molar-refractivity contribution in [2.24, 2.45) is 0 Å². The van der Waals surface area contributed by atoms with E-state index in [-0.39, 0.29) is 11.9 Å². The average Bonchev–Trinajstić information content (AvgIpc) is 2.27. The molecule has 0 aliphatic rings. The van der Waals surface area contributed by atoms with E-state index in [4.69, 9.17) is 4.42 Å². The van der Waals surface area contributed by atoms with Crippen LogP contribution in [0.1, 0.15) is 12.5 Å². The zero-order valence-electron chi connectivity index (χ0n) is 9.85. The number of carbonyl (C=O) groups excluding carboxylic acids is 1. The molecule has 0 atom stereocenters. The van der Waals surface area contributed by atoms with E-state index in [0.29, 0.717) is 10.9 Å². The second-order valence-corrected chi connectivity index (χ2v) is 3.83. The minimum atomic E-state index is -0.476. The van der Waals surface area contributed by atoms with Crippen LogP contribution in [0.25, 0.3) is 10.9 Å². The Balaban J connectivity index is 2.73. The van der Waals surface area contributed by atoms with Crippen LogP contribution < -0.4 is 10.5 Å². The van der Waals surface area contributed by atoms with Crippen molar-refractivity contribution in [2.45, 2.75) is 13.8 Å². The van der Waals surface area contributed by atoms with Gasteiger partial charge in [0, 0.05) is 14.0 Å². The van der Waals surface area contributed by atoms with Crippen molar-refractivity contribution in [1.29, 1.82) is 0 Å². The second kappa shape index (κ2) is 4.01. The summed E-state index contributed by atoms with van der Waals surface area (Å²) in [6, 6.07) is 5.36. The van der Waals surface area contributed by atoms with E-state index < -0.39 is 5.63 Å². The van der Waals surface area contributed by atoms with Crippen molar-refractivity contribution < 1.29 is 9.21 Å². The fourth-order valence-corrected chi connectivity index (χ4v) is 1.55. The highest BCUT2D eigenvalue weighted by molar-refractivity contribution is 5.89. The summed E-state index contributed by atoms with van der Waals surface area (Å²) in [6.07, 6.45) is 0. The highest BCUT2D eigenvalue weighted by atomic mass is 16.4. The lowest BCUT2D eigenvalue weighted by molar-refractivity contribution is -0.116. The van der Waals surface area contributed by atoms with Crippen LogP contribution in [-0.4, -0.2) is 17.9 Å². The molecule has 1 aromatic carbocycles. The minimum absolute atomic E-state index is 0.0144. The number of fused-ring (bicyclic) bond motifs is 1. The summed E-state index contributed by atoms with van der Waals surface area (Å²) in [7, 11) is 1.51. The third-order valence-corrected chi connectivity index (χ3v) is 2.61. The summed E-state index contributed by atoms with van der Waals surface area (Å²) >= 11 is 0. The Morgan fingerprint density at radius 2 is 2.12 bits per heavy atom. The van der Waals surface area contributed by atoms with Crippen molar-refractivity contribution in [3.05, 3.63) is 34.2 Å². The molecule has 1 aromatic heterocycles. The average molecular weight is 232 g/mol. The third-order valence-electron chi connectivity index (χ3n) is 2.61. The van der Waals surface area contributed by atoms with Gasteiger partial charge >= 0.3 is 11.6 Å². The molecule has 0 N–H and O–H groups in total. The first-order valence-electron chi connectivity index (χ1n) is 5.15. The van der Waals surface area contributed by atoms with E-state index in [9.17, 15) is 9.59 Å². The number of hydrogen-bond donors (Lipinski definition) is 0. The molecule has 0 saturated heterocycles. The number of benzene rings is 1. The lowest BCUT2D eigenvalue weighted by Gasteiger charge is -2.11. The van der Waals surface area contributed by atoms with Gasteiger partial charge in [-0.2, -0.15) is 4.98 Å². The van der Waals surface area contributed by atoms with Crippen LogP contribution >= 0.6 is 0 Å². The van der Waals surface area contributed by atoms with E-state index in [1.807, 2.05) is 19.1 Å². The number of amides is 1. The van der Waals surface area contributed by atoms with Crippen LogP contribution in [0.5, 0.6) is 0 Å². The minimum Gasteiger partial charge on any atom is -0.388 e. The molecule has 88 valence electrons. The fourth-order valence-electron chi connectivity index (χ4n) is 1.55. The normalized spacial score (nSPS) is 10.5. The summed E-state index contributed by atoms with van der Waals surface area (Å²) in [5.74, 6) is -0.243. The molecule has 17 heavy (non-hydrogen) atoms. The zero-order chi connectivity index (χ0) is 12.6. The van der Waals surface area contributed by atoms with Crippen molar-refractivity contribution in [3.63, 3.8) is 0 Å². The van der Waals surface area contributed by atoms with E-state index in [1.54, 1.807) is 6.07 Å². The number of carbonyl (C=O) groups is 1. The van der Waals surface area contributed by atoms with E-state index >= 15 is 0 Å². The van der Waals surface area contributed by atoms with E-state index in [2.05, 4.69) is 4.98 Å². The standard InChI is InChI=1S/C12H12N2O3/c1-7-5-4-6-9-10(7)11(16)17-12(13-9)14(3)8(2)15/h4-6H,1-3H3. The van der Waals surface area contributed by atoms with Crippen LogP contribution in [-0.2, 0) is 4.79 Å². The van der Waals surface area contributed by atoms with E-state index in [0.717, 1.165) is 5.56 Å². The van der Waals surface area contributed by atoms with Crippen molar-refractivity contribution in [1.82, 2.24) is 4.98 Å². The monoisotopic (exact) mass is 232 g/mol. The first-order valence-corrected chi connectivity index (χ1v) is 5.15. The molecule has 5 heteroatoms. The summed E-state index contributed by atoms with van der Waals surface area (Å²) < 4.78 is 5.03. The van der Waals surface area contributed by atoms with E-state index in [1.165, 1.54) is 18.9 Å². The van der Waals surface area contributed by atoms with Crippen LogP contribution in [0.15, 0.2) is 27.4 Å². The number of anilines is 1. The summed E-state index contributed by atoms with van der Waals surface area (Å²) in [6.45, 7) is 3.19. The van der Waals surface area contributed by atoms with Gasteiger partial charge < -0.3 is 4.42 Å². The summed E-state index contributed by atoms with van der Waals surface area (Å²) in [4.78, 5) is 28.3. The maximum atomic E-state index is 11.8. The van der Waals surface area contributed by atoms with Gasteiger partial charge in [-0.15, -0.1) is 0 Å². The molecular formula is C12H12N2O3. The number of aromatic nitrogens is 1. The molecule has 2 aromatic rings.